The maximum atomic E-state index is 12.1. The second-order valence-electron chi connectivity index (χ2n) is 6.49. The topological polar surface area (TPSA) is 53.9 Å². The van der Waals surface area contributed by atoms with Crippen molar-refractivity contribution in [2.24, 2.45) is 5.10 Å². The zero-order valence-electron chi connectivity index (χ0n) is 13.7. The second-order valence-corrected chi connectivity index (χ2v) is 7.80. The lowest BCUT2D eigenvalue weighted by molar-refractivity contribution is -0.127. The third-order valence-electron chi connectivity index (χ3n) is 5.02. The number of carbonyl (C=O) groups excluding carboxylic acids is 1. The lowest BCUT2D eigenvalue weighted by atomic mass is 9.95. The van der Waals surface area contributed by atoms with Crippen LogP contribution in [0.2, 0.25) is 0 Å². The average molecular weight is 351 g/mol. The zero-order chi connectivity index (χ0) is 17.0. The van der Waals surface area contributed by atoms with Crippen molar-refractivity contribution in [3.8, 4) is 5.75 Å². The highest BCUT2D eigenvalue weighted by Crippen LogP contribution is 2.50. The Morgan fingerprint density at radius 2 is 1.96 bits per heavy atom. The standard InChI is InChI=1S/C19H17N3O2S/c1-12-19(20-18(23)25-12)22-16(14-9-5-6-10-17(14)24-19)11-15(21-22)13-7-3-2-4-8-13/h2-10,12,16H,11H2,1H3,(H,20,23). The monoisotopic (exact) mass is 351 g/mol. The lowest BCUT2D eigenvalue weighted by Gasteiger charge is -2.46. The van der Waals surface area contributed by atoms with Crippen LogP contribution in [0.4, 0.5) is 4.79 Å². The van der Waals surface area contributed by atoms with E-state index in [2.05, 4.69) is 23.5 Å². The van der Waals surface area contributed by atoms with Gasteiger partial charge in [0.2, 0.25) is 0 Å². The molecular weight excluding hydrogens is 334 g/mol. The van der Waals surface area contributed by atoms with Crippen molar-refractivity contribution in [2.75, 3.05) is 0 Å². The molecule has 0 radical (unpaired) electrons. The molecule has 2 aromatic rings. The number of rotatable bonds is 1. The van der Waals surface area contributed by atoms with E-state index in [0.717, 1.165) is 29.0 Å². The molecule has 3 unspecified atom stereocenters. The highest BCUT2D eigenvalue weighted by Gasteiger charge is 2.59. The molecule has 3 aliphatic rings. The first-order chi connectivity index (χ1) is 12.2. The summed E-state index contributed by atoms with van der Waals surface area (Å²) in [6.07, 6.45) is 0.791. The number of nitrogens with one attached hydrogen (secondary N) is 1. The van der Waals surface area contributed by atoms with Crippen molar-refractivity contribution in [1.82, 2.24) is 10.3 Å². The normalized spacial score (nSPS) is 29.7. The Balaban J connectivity index is 1.65. The van der Waals surface area contributed by atoms with Crippen LogP contribution >= 0.6 is 11.8 Å². The Kier molecular flexibility index (Phi) is 3.12. The number of carbonyl (C=O) groups is 1. The second kappa shape index (κ2) is 5.26. The van der Waals surface area contributed by atoms with Gasteiger partial charge >= 0.3 is 0 Å². The summed E-state index contributed by atoms with van der Waals surface area (Å²) in [4.78, 5) is 12.1. The van der Waals surface area contributed by atoms with Crippen molar-refractivity contribution in [3.05, 3.63) is 65.7 Å². The Morgan fingerprint density at radius 3 is 2.72 bits per heavy atom. The largest absolute Gasteiger partial charge is 0.447 e. The molecule has 0 saturated carbocycles. The maximum Gasteiger partial charge on any atom is 0.292 e. The van der Waals surface area contributed by atoms with E-state index in [1.165, 1.54) is 11.8 Å². The third-order valence-corrected chi connectivity index (χ3v) is 6.01. The lowest BCUT2D eigenvalue weighted by Crippen LogP contribution is -2.64. The number of ether oxygens (including phenoxy) is 1. The molecule has 1 N–H and O–H groups in total. The Labute approximate surface area is 150 Å². The molecule has 3 heterocycles. The molecular formula is C19H17N3O2S. The van der Waals surface area contributed by atoms with E-state index < -0.39 is 5.85 Å². The molecule has 3 aliphatic heterocycles. The van der Waals surface area contributed by atoms with Crippen LogP contribution in [0.5, 0.6) is 5.75 Å². The van der Waals surface area contributed by atoms with E-state index in [-0.39, 0.29) is 16.5 Å². The van der Waals surface area contributed by atoms with Crippen LogP contribution in [-0.2, 0) is 0 Å². The third kappa shape index (κ3) is 2.10. The first-order valence-corrected chi connectivity index (χ1v) is 9.24. The number of benzene rings is 2. The van der Waals surface area contributed by atoms with Gasteiger partial charge in [0.25, 0.3) is 11.1 Å². The number of thioether (sulfide) groups is 1. The van der Waals surface area contributed by atoms with Gasteiger partial charge in [0, 0.05) is 12.0 Å². The molecule has 2 aromatic carbocycles. The molecule has 25 heavy (non-hydrogen) atoms. The number of amides is 1. The van der Waals surface area contributed by atoms with Crippen LogP contribution in [0.1, 0.15) is 30.5 Å². The number of hydrazone groups is 1. The summed E-state index contributed by atoms with van der Waals surface area (Å²) in [5, 5.41) is 9.73. The summed E-state index contributed by atoms with van der Waals surface area (Å²) >= 11 is 1.26. The molecule has 1 spiro atoms. The maximum absolute atomic E-state index is 12.1. The molecule has 0 aliphatic carbocycles. The minimum absolute atomic E-state index is 0.0570. The fraction of sp³-hybridized carbons (Fsp3) is 0.263. The number of hydrogen-bond donors (Lipinski definition) is 1. The molecule has 0 aromatic heterocycles. The molecule has 1 saturated heterocycles. The van der Waals surface area contributed by atoms with Gasteiger partial charge < -0.3 is 4.74 Å². The average Bonchev–Trinajstić information content (AvgIpc) is 3.19. The summed E-state index contributed by atoms with van der Waals surface area (Å²) < 4.78 is 6.33. The minimum Gasteiger partial charge on any atom is -0.447 e. The summed E-state index contributed by atoms with van der Waals surface area (Å²) in [5.41, 5.74) is 3.24. The number of nitrogens with zero attached hydrogens (tertiary/aromatic N) is 2. The predicted molar refractivity (Wildman–Crippen MR) is 97.6 cm³/mol. The Hall–Kier alpha value is -2.47. The van der Waals surface area contributed by atoms with Gasteiger partial charge in [-0.25, -0.2) is 5.01 Å². The van der Waals surface area contributed by atoms with Gasteiger partial charge in [-0.05, 0) is 18.6 Å². The SMILES string of the molecule is CC1SC(=O)NC12Oc1ccccc1C1CC(c3ccccc3)=NN12. The van der Waals surface area contributed by atoms with Gasteiger partial charge in [-0.2, -0.15) is 5.10 Å². The molecule has 5 rings (SSSR count). The van der Waals surface area contributed by atoms with Gasteiger partial charge in [-0.15, -0.1) is 0 Å². The number of para-hydroxylation sites is 1. The first-order valence-electron chi connectivity index (χ1n) is 8.36. The molecule has 6 heteroatoms. The number of hydrogen-bond acceptors (Lipinski definition) is 5. The number of fused-ring (bicyclic) bond motifs is 4. The highest BCUT2D eigenvalue weighted by molar-refractivity contribution is 8.14. The van der Waals surface area contributed by atoms with Crippen molar-refractivity contribution in [2.45, 2.75) is 30.5 Å². The van der Waals surface area contributed by atoms with Crippen LogP contribution in [0, 0.1) is 0 Å². The van der Waals surface area contributed by atoms with Crippen LogP contribution in [0.3, 0.4) is 0 Å². The fourth-order valence-electron chi connectivity index (χ4n) is 3.80. The quantitative estimate of drug-likeness (QED) is 0.851. The molecule has 126 valence electrons. The highest BCUT2D eigenvalue weighted by atomic mass is 32.2. The van der Waals surface area contributed by atoms with Crippen molar-refractivity contribution < 1.29 is 9.53 Å². The first kappa shape index (κ1) is 14.8. The smallest absolute Gasteiger partial charge is 0.292 e. The van der Waals surface area contributed by atoms with Crippen LogP contribution in [0.15, 0.2) is 59.7 Å². The van der Waals surface area contributed by atoms with Crippen molar-refractivity contribution in [1.29, 1.82) is 0 Å². The molecule has 5 nitrogen and oxygen atoms in total. The Morgan fingerprint density at radius 1 is 1.20 bits per heavy atom. The summed E-state index contributed by atoms with van der Waals surface area (Å²) in [7, 11) is 0. The molecule has 3 atom stereocenters. The minimum atomic E-state index is -0.933. The van der Waals surface area contributed by atoms with Crippen LogP contribution < -0.4 is 10.1 Å². The van der Waals surface area contributed by atoms with E-state index in [9.17, 15) is 4.79 Å². The van der Waals surface area contributed by atoms with E-state index in [0.29, 0.717) is 0 Å². The summed E-state index contributed by atoms with van der Waals surface area (Å²) in [6.45, 7) is 2.00. The van der Waals surface area contributed by atoms with Crippen molar-refractivity contribution in [3.63, 3.8) is 0 Å². The Bertz CT molecular complexity index is 885. The molecule has 1 fully saturated rings. The van der Waals surface area contributed by atoms with Gasteiger partial charge in [-0.1, -0.05) is 60.3 Å². The van der Waals surface area contributed by atoms with Crippen molar-refractivity contribution >= 4 is 22.7 Å². The van der Waals surface area contributed by atoms with Crippen LogP contribution in [-0.4, -0.2) is 27.1 Å². The zero-order valence-corrected chi connectivity index (χ0v) is 14.5. The van der Waals surface area contributed by atoms with E-state index in [1.807, 2.05) is 48.3 Å². The fourth-order valence-corrected chi connectivity index (χ4v) is 4.70. The van der Waals surface area contributed by atoms with E-state index >= 15 is 0 Å². The molecule has 1 amide bonds. The summed E-state index contributed by atoms with van der Waals surface area (Å²) in [6, 6.07) is 18.3. The van der Waals surface area contributed by atoms with Gasteiger partial charge in [0.05, 0.1) is 17.0 Å². The van der Waals surface area contributed by atoms with E-state index in [4.69, 9.17) is 9.84 Å². The van der Waals surface area contributed by atoms with Gasteiger partial charge in [0.1, 0.15) is 5.75 Å². The molecule has 0 bridgehead atoms. The van der Waals surface area contributed by atoms with Gasteiger partial charge in [-0.3, -0.25) is 10.1 Å². The summed E-state index contributed by atoms with van der Waals surface area (Å²) in [5.74, 6) is -0.111. The van der Waals surface area contributed by atoms with E-state index in [1.54, 1.807) is 0 Å². The predicted octanol–water partition coefficient (Wildman–Crippen LogP) is 3.73. The van der Waals surface area contributed by atoms with Crippen LogP contribution in [0.25, 0.3) is 0 Å². The van der Waals surface area contributed by atoms with Gasteiger partial charge in [0.15, 0.2) is 0 Å².